The van der Waals surface area contributed by atoms with Crippen LogP contribution in [0.15, 0.2) is 40.3 Å². The van der Waals surface area contributed by atoms with Crippen LogP contribution in [0.1, 0.15) is 94.0 Å². The lowest BCUT2D eigenvalue weighted by Gasteiger charge is -2.15. The van der Waals surface area contributed by atoms with E-state index in [1.54, 1.807) is 11.3 Å². The highest BCUT2D eigenvalue weighted by Crippen LogP contribution is 2.32. The Labute approximate surface area is 166 Å². The minimum atomic E-state index is 0.451. The zero-order valence-corrected chi connectivity index (χ0v) is 18.0. The van der Waals surface area contributed by atoms with Crippen molar-refractivity contribution in [2.45, 2.75) is 83.5 Å². The first kappa shape index (κ1) is 20.6. The van der Waals surface area contributed by atoms with Crippen LogP contribution in [0.5, 0.6) is 0 Å². The lowest BCUT2D eigenvalue weighted by Crippen LogP contribution is -2.01. The molecule has 0 saturated carbocycles. The summed E-state index contributed by atoms with van der Waals surface area (Å²) in [7, 11) is 0. The number of nitrogens with zero attached hydrogens (tertiary/aromatic N) is 1. The smallest absolute Gasteiger partial charge is 0.0999 e. The third-order valence-electron chi connectivity index (χ3n) is 4.85. The Kier molecular flexibility index (Phi) is 10.4. The number of unbranched alkanes of at least 4 members (excludes halogenated alkanes) is 9. The molecule has 0 N–H and O–H groups in total. The van der Waals surface area contributed by atoms with Gasteiger partial charge in [0.15, 0.2) is 0 Å². The summed E-state index contributed by atoms with van der Waals surface area (Å²) in [5.41, 5.74) is 1.39. The molecule has 1 atom stereocenters. The molecule has 2 aromatic rings. The molecule has 1 unspecified atom stereocenters. The summed E-state index contributed by atoms with van der Waals surface area (Å²) in [6.45, 7) is 2.28. The molecule has 2 rings (SSSR count). The number of rotatable bonds is 13. The van der Waals surface area contributed by atoms with Gasteiger partial charge in [-0.25, -0.2) is 4.98 Å². The van der Waals surface area contributed by atoms with E-state index in [0.717, 1.165) is 4.47 Å². The van der Waals surface area contributed by atoms with E-state index in [2.05, 4.69) is 57.5 Å². The van der Waals surface area contributed by atoms with E-state index < -0.39 is 0 Å². The third kappa shape index (κ3) is 8.04. The van der Waals surface area contributed by atoms with Crippen LogP contribution >= 0.6 is 27.3 Å². The van der Waals surface area contributed by atoms with Gasteiger partial charge in [-0.15, -0.1) is 11.3 Å². The van der Waals surface area contributed by atoms with Crippen LogP contribution in [0.25, 0.3) is 0 Å². The first-order valence-electron chi connectivity index (χ1n) is 9.96. The summed E-state index contributed by atoms with van der Waals surface area (Å²) in [6.07, 6.45) is 17.1. The van der Waals surface area contributed by atoms with Crippen molar-refractivity contribution >= 4 is 27.3 Å². The van der Waals surface area contributed by atoms with Gasteiger partial charge in [0.25, 0.3) is 0 Å². The maximum Gasteiger partial charge on any atom is 0.0999 e. The van der Waals surface area contributed by atoms with Gasteiger partial charge in [0.2, 0.25) is 0 Å². The fourth-order valence-electron chi connectivity index (χ4n) is 3.40. The first-order valence-corrected chi connectivity index (χ1v) is 11.6. The minimum absolute atomic E-state index is 0.451. The van der Waals surface area contributed by atoms with Gasteiger partial charge >= 0.3 is 0 Å². The molecule has 25 heavy (non-hydrogen) atoms. The monoisotopic (exact) mass is 421 g/mol. The van der Waals surface area contributed by atoms with Crippen LogP contribution in [0, 0.1) is 0 Å². The Morgan fingerprint density at radius 3 is 2.24 bits per heavy atom. The zero-order chi connectivity index (χ0) is 17.7. The van der Waals surface area contributed by atoms with Gasteiger partial charge in [-0.3, -0.25) is 0 Å². The maximum absolute atomic E-state index is 4.59. The quantitative estimate of drug-likeness (QED) is 0.296. The standard InChI is InChI=1S/C22H32BrNS/c1-2-3-4-5-6-7-8-9-10-11-15-21(22-24-16-17-25-22)19-13-12-14-20(23)18-19/h12-14,16-18,21H,2-11,15H2,1H3. The SMILES string of the molecule is CCCCCCCCCCCCC(c1cccc(Br)c1)c1nccs1. The second kappa shape index (κ2) is 12.6. The molecule has 0 aliphatic rings. The van der Waals surface area contributed by atoms with Crippen molar-refractivity contribution < 1.29 is 0 Å². The third-order valence-corrected chi connectivity index (χ3v) is 6.23. The van der Waals surface area contributed by atoms with Crippen LogP contribution < -0.4 is 0 Å². The molecule has 0 saturated heterocycles. The van der Waals surface area contributed by atoms with Crippen LogP contribution in [0.3, 0.4) is 0 Å². The van der Waals surface area contributed by atoms with Crippen molar-refractivity contribution in [3.8, 4) is 0 Å². The fourth-order valence-corrected chi connectivity index (χ4v) is 4.62. The highest BCUT2D eigenvalue weighted by atomic mass is 79.9. The van der Waals surface area contributed by atoms with E-state index in [4.69, 9.17) is 0 Å². The topological polar surface area (TPSA) is 12.9 Å². The molecule has 0 radical (unpaired) electrons. The maximum atomic E-state index is 4.59. The molecule has 1 aromatic heterocycles. The minimum Gasteiger partial charge on any atom is -0.249 e. The summed E-state index contributed by atoms with van der Waals surface area (Å²) >= 11 is 5.40. The number of thiazole rings is 1. The number of hydrogen-bond donors (Lipinski definition) is 0. The van der Waals surface area contributed by atoms with Crippen molar-refractivity contribution in [1.82, 2.24) is 4.98 Å². The van der Waals surface area contributed by atoms with Crippen molar-refractivity contribution in [3.05, 3.63) is 50.9 Å². The first-order chi connectivity index (χ1) is 12.3. The van der Waals surface area contributed by atoms with Crippen LogP contribution in [0.2, 0.25) is 0 Å². The molecular weight excluding hydrogens is 390 g/mol. The van der Waals surface area contributed by atoms with Gasteiger partial charge in [0, 0.05) is 22.0 Å². The normalized spacial score (nSPS) is 12.4. The van der Waals surface area contributed by atoms with Gasteiger partial charge in [0.05, 0.1) is 5.01 Å². The van der Waals surface area contributed by atoms with E-state index in [1.807, 2.05) is 6.20 Å². The van der Waals surface area contributed by atoms with Crippen LogP contribution in [-0.4, -0.2) is 4.98 Å². The highest BCUT2D eigenvalue weighted by molar-refractivity contribution is 9.10. The number of aromatic nitrogens is 1. The highest BCUT2D eigenvalue weighted by Gasteiger charge is 2.16. The van der Waals surface area contributed by atoms with Crippen LogP contribution in [-0.2, 0) is 0 Å². The average Bonchev–Trinajstić information content (AvgIpc) is 3.14. The van der Waals surface area contributed by atoms with Crippen molar-refractivity contribution in [2.75, 3.05) is 0 Å². The number of hydrogen-bond acceptors (Lipinski definition) is 2. The Balaban J connectivity index is 1.69. The predicted octanol–water partition coefficient (Wildman–Crippen LogP) is 8.35. The Hall–Kier alpha value is -0.670. The van der Waals surface area contributed by atoms with Gasteiger partial charge in [0.1, 0.15) is 0 Å². The summed E-state index contributed by atoms with van der Waals surface area (Å²) in [4.78, 5) is 4.59. The Bertz CT molecular complexity index is 567. The lowest BCUT2D eigenvalue weighted by molar-refractivity contribution is 0.540. The average molecular weight is 422 g/mol. The molecule has 1 aromatic carbocycles. The fraction of sp³-hybridized carbons (Fsp3) is 0.591. The zero-order valence-electron chi connectivity index (χ0n) is 15.6. The molecule has 0 spiro atoms. The second-order valence-corrected chi connectivity index (χ2v) is 8.79. The Morgan fingerprint density at radius 1 is 0.960 bits per heavy atom. The van der Waals surface area contributed by atoms with E-state index in [-0.39, 0.29) is 0 Å². The summed E-state index contributed by atoms with van der Waals surface area (Å²) in [6, 6.07) is 8.73. The number of benzene rings is 1. The molecule has 0 aliphatic heterocycles. The van der Waals surface area contributed by atoms with Gasteiger partial charge in [-0.1, -0.05) is 99.2 Å². The van der Waals surface area contributed by atoms with Crippen molar-refractivity contribution in [1.29, 1.82) is 0 Å². The molecule has 3 heteroatoms. The summed E-state index contributed by atoms with van der Waals surface area (Å²) in [5, 5.41) is 3.35. The molecule has 1 heterocycles. The predicted molar refractivity (Wildman–Crippen MR) is 115 cm³/mol. The van der Waals surface area contributed by atoms with E-state index >= 15 is 0 Å². The second-order valence-electron chi connectivity index (χ2n) is 6.95. The molecule has 138 valence electrons. The number of halogens is 1. The molecule has 0 aliphatic carbocycles. The summed E-state index contributed by atoms with van der Waals surface area (Å²) < 4.78 is 1.16. The van der Waals surface area contributed by atoms with Gasteiger partial charge < -0.3 is 0 Å². The molecule has 0 bridgehead atoms. The molecule has 1 nitrogen and oxygen atoms in total. The molecular formula is C22H32BrNS. The van der Waals surface area contributed by atoms with E-state index in [1.165, 1.54) is 81.2 Å². The molecule has 0 amide bonds. The van der Waals surface area contributed by atoms with E-state index in [0.29, 0.717) is 5.92 Å². The van der Waals surface area contributed by atoms with E-state index in [9.17, 15) is 0 Å². The van der Waals surface area contributed by atoms with Crippen LogP contribution in [0.4, 0.5) is 0 Å². The largest absolute Gasteiger partial charge is 0.249 e. The lowest BCUT2D eigenvalue weighted by atomic mass is 9.93. The van der Waals surface area contributed by atoms with Gasteiger partial charge in [-0.05, 0) is 24.1 Å². The Morgan fingerprint density at radius 2 is 1.64 bits per heavy atom. The van der Waals surface area contributed by atoms with Gasteiger partial charge in [-0.2, -0.15) is 0 Å². The van der Waals surface area contributed by atoms with Crippen molar-refractivity contribution in [3.63, 3.8) is 0 Å². The molecule has 0 fully saturated rings. The van der Waals surface area contributed by atoms with Crippen molar-refractivity contribution in [2.24, 2.45) is 0 Å². The summed E-state index contributed by atoms with van der Waals surface area (Å²) in [5.74, 6) is 0.451.